The summed E-state index contributed by atoms with van der Waals surface area (Å²) in [6.45, 7) is 0.197. The number of hydrogen-bond acceptors (Lipinski definition) is 2. The van der Waals surface area contributed by atoms with E-state index in [1.165, 1.54) is 6.07 Å². The maximum Gasteiger partial charge on any atom is 0.251 e. The average Bonchev–Trinajstić information content (AvgIpc) is 2.84. The lowest BCUT2D eigenvalue weighted by Crippen LogP contribution is -2.24. The summed E-state index contributed by atoms with van der Waals surface area (Å²) in [7, 11) is 1.86. The van der Waals surface area contributed by atoms with Crippen LogP contribution >= 0.6 is 0 Å². The molecule has 2 aromatic carbocycles. The van der Waals surface area contributed by atoms with E-state index in [1.807, 2.05) is 35.9 Å². The summed E-state index contributed by atoms with van der Waals surface area (Å²) < 4.78 is 27.9. The summed E-state index contributed by atoms with van der Waals surface area (Å²) in [5.41, 5.74) is 1.86. The molecule has 1 aromatic heterocycles. The molecule has 0 spiro atoms. The Bertz CT molecular complexity index is 858. The van der Waals surface area contributed by atoms with Crippen molar-refractivity contribution in [1.29, 1.82) is 0 Å². The molecule has 0 saturated carbocycles. The first-order valence-corrected chi connectivity index (χ1v) is 6.70. The van der Waals surface area contributed by atoms with Crippen LogP contribution in [-0.2, 0) is 13.6 Å². The van der Waals surface area contributed by atoms with Crippen LogP contribution in [0.15, 0.2) is 42.5 Å². The molecule has 0 radical (unpaired) electrons. The topological polar surface area (TPSA) is 46.9 Å². The lowest BCUT2D eigenvalue weighted by molar-refractivity contribution is 0.0949. The van der Waals surface area contributed by atoms with Gasteiger partial charge in [0, 0.05) is 12.6 Å². The van der Waals surface area contributed by atoms with Crippen molar-refractivity contribution in [3.63, 3.8) is 0 Å². The highest BCUT2D eigenvalue weighted by atomic mass is 19.2. The average molecular weight is 301 g/mol. The fourth-order valence-electron chi connectivity index (χ4n) is 2.25. The zero-order valence-corrected chi connectivity index (χ0v) is 11.8. The Balaban J connectivity index is 1.77. The van der Waals surface area contributed by atoms with Crippen LogP contribution in [0.1, 0.15) is 16.2 Å². The minimum atomic E-state index is -1.05. The molecule has 0 bridgehead atoms. The van der Waals surface area contributed by atoms with Gasteiger partial charge in [0.2, 0.25) is 0 Å². The molecule has 0 saturated heterocycles. The molecule has 0 aliphatic rings. The van der Waals surface area contributed by atoms with E-state index in [-0.39, 0.29) is 12.1 Å². The molecule has 3 aromatic rings. The fraction of sp³-hybridized carbons (Fsp3) is 0.125. The number of rotatable bonds is 3. The van der Waals surface area contributed by atoms with Crippen molar-refractivity contribution >= 4 is 16.9 Å². The molecule has 0 unspecified atom stereocenters. The number of halogens is 2. The molecule has 1 heterocycles. The zero-order valence-electron chi connectivity index (χ0n) is 11.8. The second kappa shape index (κ2) is 5.55. The van der Waals surface area contributed by atoms with Crippen molar-refractivity contribution in [1.82, 2.24) is 14.9 Å². The molecule has 0 aliphatic heterocycles. The van der Waals surface area contributed by atoms with Gasteiger partial charge in [-0.15, -0.1) is 0 Å². The van der Waals surface area contributed by atoms with Crippen LogP contribution < -0.4 is 5.32 Å². The first-order chi connectivity index (χ1) is 10.6. The second-order valence-corrected chi connectivity index (χ2v) is 4.89. The minimum Gasteiger partial charge on any atom is -0.345 e. The van der Waals surface area contributed by atoms with Crippen molar-refractivity contribution in [2.75, 3.05) is 0 Å². The molecule has 22 heavy (non-hydrogen) atoms. The SMILES string of the molecule is Cn1c(CNC(=O)c2ccc(F)c(F)c2)nc2ccccc21. The number of imidazole rings is 1. The third kappa shape index (κ3) is 2.55. The van der Waals surface area contributed by atoms with Crippen molar-refractivity contribution in [3.05, 3.63) is 65.5 Å². The fourth-order valence-corrected chi connectivity index (χ4v) is 2.25. The predicted octanol–water partition coefficient (Wildman–Crippen LogP) is 2.78. The van der Waals surface area contributed by atoms with Gasteiger partial charge in [-0.3, -0.25) is 4.79 Å². The lowest BCUT2D eigenvalue weighted by atomic mass is 10.2. The summed E-state index contributed by atoms with van der Waals surface area (Å²) in [4.78, 5) is 16.4. The summed E-state index contributed by atoms with van der Waals surface area (Å²) >= 11 is 0. The standard InChI is InChI=1S/C16H13F2N3O/c1-21-14-5-3-2-4-13(14)20-15(21)9-19-16(22)10-6-7-11(17)12(18)8-10/h2-8H,9H2,1H3,(H,19,22). The van der Waals surface area contributed by atoms with E-state index in [4.69, 9.17) is 0 Å². The highest BCUT2D eigenvalue weighted by Gasteiger charge is 2.12. The van der Waals surface area contributed by atoms with Gasteiger partial charge >= 0.3 is 0 Å². The van der Waals surface area contributed by atoms with Crippen molar-refractivity contribution in [2.45, 2.75) is 6.54 Å². The third-order valence-electron chi connectivity index (χ3n) is 3.47. The van der Waals surface area contributed by atoms with Gasteiger partial charge in [-0.1, -0.05) is 12.1 Å². The Kier molecular flexibility index (Phi) is 3.58. The highest BCUT2D eigenvalue weighted by molar-refractivity contribution is 5.94. The van der Waals surface area contributed by atoms with Gasteiger partial charge in [0.25, 0.3) is 5.91 Å². The van der Waals surface area contributed by atoms with Crippen LogP contribution in [0.5, 0.6) is 0 Å². The predicted molar refractivity (Wildman–Crippen MR) is 78.2 cm³/mol. The molecule has 0 atom stereocenters. The number of carbonyl (C=O) groups is 1. The minimum absolute atomic E-state index is 0.0673. The van der Waals surface area contributed by atoms with E-state index >= 15 is 0 Å². The Hall–Kier alpha value is -2.76. The number of aromatic nitrogens is 2. The van der Waals surface area contributed by atoms with E-state index in [1.54, 1.807) is 0 Å². The van der Waals surface area contributed by atoms with Crippen molar-refractivity contribution in [3.8, 4) is 0 Å². The van der Waals surface area contributed by atoms with Crippen LogP contribution in [0.3, 0.4) is 0 Å². The normalized spacial score (nSPS) is 10.9. The smallest absolute Gasteiger partial charge is 0.251 e. The van der Waals surface area contributed by atoms with E-state index in [0.717, 1.165) is 23.2 Å². The largest absolute Gasteiger partial charge is 0.345 e. The van der Waals surface area contributed by atoms with Crippen LogP contribution in [0.2, 0.25) is 0 Å². The summed E-state index contributed by atoms with van der Waals surface area (Å²) in [5.74, 6) is -1.83. The van der Waals surface area contributed by atoms with Gasteiger partial charge in [0.15, 0.2) is 11.6 Å². The first-order valence-electron chi connectivity index (χ1n) is 6.70. The molecule has 112 valence electrons. The Morgan fingerprint density at radius 1 is 1.18 bits per heavy atom. The molecule has 3 rings (SSSR count). The van der Waals surface area contributed by atoms with Crippen LogP contribution in [0, 0.1) is 11.6 Å². The number of hydrogen-bond donors (Lipinski definition) is 1. The van der Waals surface area contributed by atoms with Crippen molar-refractivity contribution in [2.24, 2.45) is 7.05 Å². The number of fused-ring (bicyclic) bond motifs is 1. The van der Waals surface area contributed by atoms with E-state index in [9.17, 15) is 13.6 Å². The van der Waals surface area contributed by atoms with Gasteiger partial charge in [0.1, 0.15) is 5.82 Å². The molecule has 6 heteroatoms. The lowest BCUT2D eigenvalue weighted by Gasteiger charge is -2.06. The van der Waals surface area contributed by atoms with Gasteiger partial charge in [-0.05, 0) is 30.3 Å². The summed E-state index contributed by atoms with van der Waals surface area (Å²) in [6, 6.07) is 10.7. The summed E-state index contributed by atoms with van der Waals surface area (Å²) in [5, 5.41) is 2.65. The monoisotopic (exact) mass is 301 g/mol. The maximum absolute atomic E-state index is 13.1. The third-order valence-corrected chi connectivity index (χ3v) is 3.47. The first kappa shape index (κ1) is 14.2. The molecular weight excluding hydrogens is 288 g/mol. The van der Waals surface area contributed by atoms with Crippen LogP contribution in [0.25, 0.3) is 11.0 Å². The summed E-state index contributed by atoms with van der Waals surface area (Å²) in [6.07, 6.45) is 0. The van der Waals surface area contributed by atoms with Gasteiger partial charge < -0.3 is 9.88 Å². The van der Waals surface area contributed by atoms with Crippen LogP contribution in [0.4, 0.5) is 8.78 Å². The number of carbonyl (C=O) groups excluding carboxylic acids is 1. The molecule has 1 amide bonds. The molecular formula is C16H13F2N3O. The van der Waals surface area contributed by atoms with Crippen molar-refractivity contribution < 1.29 is 13.6 Å². The number of nitrogens with zero attached hydrogens (tertiary/aromatic N) is 2. The number of amides is 1. The quantitative estimate of drug-likeness (QED) is 0.808. The van der Waals surface area contributed by atoms with E-state index in [2.05, 4.69) is 10.3 Å². The number of benzene rings is 2. The molecule has 1 N–H and O–H groups in total. The van der Waals surface area contributed by atoms with Gasteiger partial charge in [-0.2, -0.15) is 0 Å². The van der Waals surface area contributed by atoms with Crippen LogP contribution in [-0.4, -0.2) is 15.5 Å². The molecule has 0 fully saturated rings. The van der Waals surface area contributed by atoms with Gasteiger partial charge in [-0.25, -0.2) is 13.8 Å². The Morgan fingerprint density at radius 3 is 2.68 bits per heavy atom. The number of nitrogens with one attached hydrogen (secondary N) is 1. The molecule has 0 aliphatic carbocycles. The van der Waals surface area contributed by atoms with E-state index < -0.39 is 17.5 Å². The zero-order chi connectivity index (χ0) is 15.7. The number of aryl methyl sites for hydroxylation is 1. The second-order valence-electron chi connectivity index (χ2n) is 4.89. The van der Waals surface area contributed by atoms with E-state index in [0.29, 0.717) is 5.82 Å². The number of para-hydroxylation sites is 2. The Morgan fingerprint density at radius 2 is 1.95 bits per heavy atom. The molecule has 4 nitrogen and oxygen atoms in total. The maximum atomic E-state index is 13.1. The van der Waals surface area contributed by atoms with Gasteiger partial charge in [0.05, 0.1) is 17.6 Å². The highest BCUT2D eigenvalue weighted by Crippen LogP contribution is 2.14. The Labute approximate surface area is 125 Å².